The van der Waals surface area contributed by atoms with E-state index in [0.717, 1.165) is 0 Å². The maximum Gasteiger partial charge on any atom is 0.0794 e. The molecular formula is C15H25N3S. The van der Waals surface area contributed by atoms with Gasteiger partial charge < -0.3 is 0 Å². The first-order valence-corrected chi connectivity index (χ1v) is 7.38. The number of nitrogens with zero attached hydrogens (tertiary/aromatic N) is 3. The molecular weight excluding hydrogens is 254 g/mol. The lowest BCUT2D eigenvalue weighted by Crippen LogP contribution is -2.16. The third-order valence-corrected chi connectivity index (χ3v) is 3.96. The van der Waals surface area contributed by atoms with Gasteiger partial charge in [0.25, 0.3) is 0 Å². The van der Waals surface area contributed by atoms with Crippen LogP contribution >= 0.6 is 11.3 Å². The van der Waals surface area contributed by atoms with Crippen LogP contribution in [-0.2, 0) is 17.9 Å². The highest BCUT2D eigenvalue weighted by atomic mass is 32.1. The second-order valence-corrected chi connectivity index (χ2v) is 7.59. The summed E-state index contributed by atoms with van der Waals surface area (Å²) in [6, 6.07) is 2.06. The maximum absolute atomic E-state index is 4.10. The van der Waals surface area contributed by atoms with E-state index in [0.29, 0.717) is 0 Å². The molecule has 2 heterocycles. The Morgan fingerprint density at radius 2 is 1.68 bits per heavy atom. The standard InChI is InChI=1S/C8H14N2.C7H11NS/c1-8(2,3)7-5-6-9-10(7)4;1-7(2,3)6-4-8-5-9-6/h5-6H,1-4H3;4-5H,1-3H3. The molecule has 0 atom stereocenters. The van der Waals surface area contributed by atoms with Crippen molar-refractivity contribution in [3.05, 3.63) is 34.5 Å². The first-order chi connectivity index (χ1) is 8.62. The van der Waals surface area contributed by atoms with E-state index >= 15 is 0 Å². The van der Waals surface area contributed by atoms with Crippen LogP contribution in [0.3, 0.4) is 0 Å². The molecule has 2 rings (SSSR count). The van der Waals surface area contributed by atoms with Crippen LogP contribution in [0.1, 0.15) is 52.1 Å². The minimum Gasteiger partial charge on any atom is -0.272 e. The normalized spacial score (nSPS) is 11.9. The molecule has 0 bridgehead atoms. The molecule has 0 spiro atoms. The Labute approximate surface area is 120 Å². The molecule has 0 saturated carbocycles. The van der Waals surface area contributed by atoms with Crippen LogP contribution in [0.15, 0.2) is 24.0 Å². The number of aryl methyl sites for hydroxylation is 1. The van der Waals surface area contributed by atoms with Crippen molar-refractivity contribution in [3.8, 4) is 0 Å². The highest BCUT2D eigenvalue weighted by molar-refractivity contribution is 7.09. The maximum atomic E-state index is 4.10. The van der Waals surface area contributed by atoms with Crippen LogP contribution in [0.5, 0.6) is 0 Å². The molecule has 106 valence electrons. The first kappa shape index (κ1) is 15.9. The quantitative estimate of drug-likeness (QED) is 0.725. The molecule has 0 aliphatic carbocycles. The molecule has 0 aliphatic heterocycles. The molecule has 3 nitrogen and oxygen atoms in total. The summed E-state index contributed by atoms with van der Waals surface area (Å²) in [6.07, 6.45) is 3.77. The van der Waals surface area contributed by atoms with Crippen LogP contribution in [-0.4, -0.2) is 14.8 Å². The molecule has 0 saturated heterocycles. The fourth-order valence-electron chi connectivity index (χ4n) is 1.70. The molecule has 0 fully saturated rings. The topological polar surface area (TPSA) is 30.7 Å². The van der Waals surface area contributed by atoms with Gasteiger partial charge in [-0.3, -0.25) is 9.67 Å². The minimum atomic E-state index is 0.214. The first-order valence-electron chi connectivity index (χ1n) is 6.50. The van der Waals surface area contributed by atoms with Gasteiger partial charge >= 0.3 is 0 Å². The average molecular weight is 279 g/mol. The molecule has 0 radical (unpaired) electrons. The molecule has 2 aromatic rings. The Bertz CT molecular complexity index is 484. The smallest absolute Gasteiger partial charge is 0.0794 e. The van der Waals surface area contributed by atoms with Gasteiger partial charge in [-0.25, -0.2) is 0 Å². The van der Waals surface area contributed by atoms with E-state index in [1.54, 1.807) is 11.3 Å². The Morgan fingerprint density at radius 1 is 1.05 bits per heavy atom. The summed E-state index contributed by atoms with van der Waals surface area (Å²) in [6.45, 7) is 13.1. The molecule has 0 aliphatic rings. The third-order valence-electron chi connectivity index (χ3n) is 2.76. The summed E-state index contributed by atoms with van der Waals surface area (Å²) >= 11 is 1.72. The Kier molecular flexibility index (Phi) is 4.91. The van der Waals surface area contributed by atoms with Gasteiger partial charge in [0, 0.05) is 35.4 Å². The SMILES string of the molecule is CC(C)(C)c1cncs1.Cn1nccc1C(C)(C)C. The summed E-state index contributed by atoms with van der Waals surface area (Å²) < 4.78 is 1.92. The summed E-state index contributed by atoms with van der Waals surface area (Å²) in [7, 11) is 1.97. The third kappa shape index (κ3) is 4.78. The largest absolute Gasteiger partial charge is 0.272 e. The molecule has 2 aromatic heterocycles. The Hall–Kier alpha value is -1.16. The lowest BCUT2D eigenvalue weighted by atomic mass is 9.92. The van der Waals surface area contributed by atoms with Crippen molar-refractivity contribution < 1.29 is 0 Å². The van der Waals surface area contributed by atoms with Crippen molar-refractivity contribution in [2.45, 2.75) is 52.4 Å². The Morgan fingerprint density at radius 3 is 1.89 bits per heavy atom. The second-order valence-electron chi connectivity index (χ2n) is 6.71. The van der Waals surface area contributed by atoms with E-state index in [1.165, 1.54) is 10.6 Å². The van der Waals surface area contributed by atoms with Crippen molar-refractivity contribution in [2.24, 2.45) is 7.05 Å². The Balaban J connectivity index is 0.000000191. The highest BCUT2D eigenvalue weighted by Crippen LogP contribution is 2.24. The van der Waals surface area contributed by atoms with E-state index in [1.807, 2.05) is 29.6 Å². The van der Waals surface area contributed by atoms with Crippen molar-refractivity contribution in [1.29, 1.82) is 0 Å². The minimum absolute atomic E-state index is 0.214. The van der Waals surface area contributed by atoms with Gasteiger partial charge in [0.05, 0.1) is 5.51 Å². The summed E-state index contributed by atoms with van der Waals surface area (Å²) in [5, 5.41) is 4.10. The van der Waals surface area contributed by atoms with Gasteiger partial charge in [-0.2, -0.15) is 5.10 Å². The van der Waals surface area contributed by atoms with E-state index < -0.39 is 0 Å². The van der Waals surface area contributed by atoms with Crippen LogP contribution in [0.25, 0.3) is 0 Å². The molecule has 0 N–H and O–H groups in total. The van der Waals surface area contributed by atoms with E-state index in [4.69, 9.17) is 0 Å². The number of aromatic nitrogens is 3. The number of rotatable bonds is 0. The molecule has 4 heteroatoms. The van der Waals surface area contributed by atoms with Crippen LogP contribution < -0.4 is 0 Å². The van der Waals surface area contributed by atoms with Gasteiger partial charge in [0.2, 0.25) is 0 Å². The van der Waals surface area contributed by atoms with Crippen molar-refractivity contribution >= 4 is 11.3 Å². The summed E-state index contributed by atoms with van der Waals surface area (Å²) in [5.41, 5.74) is 3.64. The molecule has 19 heavy (non-hydrogen) atoms. The summed E-state index contributed by atoms with van der Waals surface area (Å²) in [5.74, 6) is 0. The number of hydrogen-bond donors (Lipinski definition) is 0. The molecule has 0 unspecified atom stereocenters. The van der Waals surface area contributed by atoms with E-state index in [2.05, 4.69) is 57.7 Å². The van der Waals surface area contributed by atoms with Crippen LogP contribution in [0.4, 0.5) is 0 Å². The van der Waals surface area contributed by atoms with Gasteiger partial charge in [-0.05, 0) is 11.5 Å². The predicted octanol–water partition coefficient (Wildman–Crippen LogP) is 4.16. The van der Waals surface area contributed by atoms with Gasteiger partial charge in [-0.15, -0.1) is 11.3 Å². The van der Waals surface area contributed by atoms with Crippen molar-refractivity contribution in [1.82, 2.24) is 14.8 Å². The molecule has 0 amide bonds. The molecule has 0 aromatic carbocycles. The van der Waals surface area contributed by atoms with E-state index in [-0.39, 0.29) is 10.8 Å². The summed E-state index contributed by atoms with van der Waals surface area (Å²) in [4.78, 5) is 5.36. The van der Waals surface area contributed by atoms with Crippen LogP contribution in [0.2, 0.25) is 0 Å². The average Bonchev–Trinajstić information content (AvgIpc) is 2.84. The second kappa shape index (κ2) is 5.87. The zero-order valence-electron chi connectivity index (χ0n) is 13.1. The van der Waals surface area contributed by atoms with Gasteiger partial charge in [0.15, 0.2) is 0 Å². The lowest BCUT2D eigenvalue weighted by Gasteiger charge is -2.17. The lowest BCUT2D eigenvalue weighted by molar-refractivity contribution is 0.523. The van der Waals surface area contributed by atoms with Crippen molar-refractivity contribution in [2.75, 3.05) is 0 Å². The van der Waals surface area contributed by atoms with E-state index in [9.17, 15) is 0 Å². The highest BCUT2D eigenvalue weighted by Gasteiger charge is 2.16. The van der Waals surface area contributed by atoms with Crippen molar-refractivity contribution in [3.63, 3.8) is 0 Å². The number of hydrogen-bond acceptors (Lipinski definition) is 3. The zero-order chi connectivity index (χ0) is 14.7. The van der Waals surface area contributed by atoms with Gasteiger partial charge in [-0.1, -0.05) is 41.5 Å². The fraction of sp³-hybridized carbons (Fsp3) is 0.600. The fourth-order valence-corrected chi connectivity index (χ4v) is 2.41. The number of thiazole rings is 1. The predicted molar refractivity (Wildman–Crippen MR) is 82.7 cm³/mol. The zero-order valence-corrected chi connectivity index (χ0v) is 13.9. The van der Waals surface area contributed by atoms with Gasteiger partial charge in [0.1, 0.15) is 0 Å². The monoisotopic (exact) mass is 279 g/mol. The van der Waals surface area contributed by atoms with Crippen LogP contribution in [0, 0.1) is 0 Å².